The van der Waals surface area contributed by atoms with Crippen LogP contribution in [-0.4, -0.2) is 58.6 Å². The molecule has 1 fully saturated rings. The summed E-state index contributed by atoms with van der Waals surface area (Å²) in [6.45, 7) is 5.48. The minimum atomic E-state index is -3.61. The Balaban J connectivity index is 1.48. The number of hydrogen-bond donors (Lipinski definition) is 2. The Kier molecular flexibility index (Phi) is 7.79. The molecule has 1 amide bonds. The highest BCUT2D eigenvalue weighted by atomic mass is 32.2. The fraction of sp³-hybridized carbons (Fsp3) is 0.450. The van der Waals surface area contributed by atoms with Crippen LogP contribution in [-0.2, 0) is 19.6 Å². The number of aryl methyl sites for hydroxylation is 1. The molecule has 0 spiro atoms. The van der Waals surface area contributed by atoms with Gasteiger partial charge in [0, 0.05) is 37.5 Å². The van der Waals surface area contributed by atoms with Gasteiger partial charge >= 0.3 is 0 Å². The molecule has 9 heteroatoms. The zero-order chi connectivity index (χ0) is 20.7. The second-order valence-electron chi connectivity index (χ2n) is 6.94. The summed E-state index contributed by atoms with van der Waals surface area (Å²) in [6.07, 6.45) is 0.0887. The standard InChI is InChI=1S/C20H27N3O4S2/c1-16-4-6-17(7-5-16)29(25,26)22-9-8-20(24)21-15-18(19-3-2-14-28-19)23-10-12-27-13-11-23/h2-7,14,18,22H,8-13,15H2,1H3,(H,21,24)/t18-/m0/s1. The molecule has 1 aromatic heterocycles. The number of nitrogens with one attached hydrogen (secondary N) is 2. The monoisotopic (exact) mass is 437 g/mol. The van der Waals surface area contributed by atoms with Gasteiger partial charge in [0.25, 0.3) is 0 Å². The molecular weight excluding hydrogens is 410 g/mol. The van der Waals surface area contributed by atoms with Crippen molar-refractivity contribution in [2.45, 2.75) is 24.3 Å². The lowest BCUT2D eigenvalue weighted by Crippen LogP contribution is -2.43. The van der Waals surface area contributed by atoms with Crippen LogP contribution in [0.2, 0.25) is 0 Å². The number of ether oxygens (including phenoxy) is 1. The zero-order valence-corrected chi connectivity index (χ0v) is 18.1. The summed E-state index contributed by atoms with van der Waals surface area (Å²) in [6, 6.07) is 10.8. The van der Waals surface area contributed by atoms with E-state index in [9.17, 15) is 13.2 Å². The van der Waals surface area contributed by atoms with Gasteiger partial charge in [-0.25, -0.2) is 13.1 Å². The van der Waals surface area contributed by atoms with Gasteiger partial charge in [0.2, 0.25) is 15.9 Å². The smallest absolute Gasteiger partial charge is 0.240 e. The maximum absolute atomic E-state index is 12.3. The molecular formula is C20H27N3O4S2. The van der Waals surface area contributed by atoms with Crippen molar-refractivity contribution in [2.24, 2.45) is 0 Å². The molecule has 0 aliphatic carbocycles. The first-order valence-electron chi connectivity index (χ1n) is 9.64. The van der Waals surface area contributed by atoms with Crippen LogP contribution in [0, 0.1) is 6.92 Å². The van der Waals surface area contributed by atoms with Crippen LogP contribution in [0.3, 0.4) is 0 Å². The summed E-state index contributed by atoms with van der Waals surface area (Å²) in [5.74, 6) is -0.175. The highest BCUT2D eigenvalue weighted by Crippen LogP contribution is 2.25. The minimum absolute atomic E-state index is 0.0588. The largest absolute Gasteiger partial charge is 0.379 e. The van der Waals surface area contributed by atoms with Crippen LogP contribution in [0.15, 0.2) is 46.7 Å². The van der Waals surface area contributed by atoms with E-state index in [1.165, 1.54) is 4.88 Å². The second-order valence-corrected chi connectivity index (χ2v) is 9.69. The molecule has 1 aliphatic rings. The van der Waals surface area contributed by atoms with E-state index < -0.39 is 10.0 Å². The van der Waals surface area contributed by atoms with Gasteiger partial charge in [-0.2, -0.15) is 0 Å². The number of amides is 1. The Morgan fingerprint density at radius 1 is 1.21 bits per heavy atom. The van der Waals surface area contributed by atoms with Crippen molar-refractivity contribution < 1.29 is 17.9 Å². The van der Waals surface area contributed by atoms with E-state index in [1.54, 1.807) is 35.6 Å². The number of sulfonamides is 1. The van der Waals surface area contributed by atoms with Crippen molar-refractivity contribution >= 4 is 27.3 Å². The first-order chi connectivity index (χ1) is 14.0. The molecule has 29 heavy (non-hydrogen) atoms. The number of nitrogens with zero attached hydrogens (tertiary/aromatic N) is 1. The molecule has 0 unspecified atom stereocenters. The number of thiophene rings is 1. The van der Waals surface area contributed by atoms with Crippen LogP contribution in [0.5, 0.6) is 0 Å². The van der Waals surface area contributed by atoms with E-state index in [-0.39, 0.29) is 29.8 Å². The van der Waals surface area contributed by atoms with Crippen LogP contribution in [0.25, 0.3) is 0 Å². The predicted octanol–water partition coefficient (Wildman–Crippen LogP) is 1.91. The number of hydrogen-bond acceptors (Lipinski definition) is 6. The van der Waals surface area contributed by atoms with Crippen molar-refractivity contribution in [3.63, 3.8) is 0 Å². The molecule has 1 aromatic carbocycles. The minimum Gasteiger partial charge on any atom is -0.379 e. The molecule has 1 atom stereocenters. The lowest BCUT2D eigenvalue weighted by Gasteiger charge is -2.34. The molecule has 2 aromatic rings. The lowest BCUT2D eigenvalue weighted by molar-refractivity contribution is -0.121. The topological polar surface area (TPSA) is 87.7 Å². The molecule has 158 valence electrons. The highest BCUT2D eigenvalue weighted by Gasteiger charge is 2.24. The predicted molar refractivity (Wildman–Crippen MR) is 113 cm³/mol. The Morgan fingerprint density at radius 2 is 1.93 bits per heavy atom. The van der Waals surface area contributed by atoms with Gasteiger partial charge in [0.15, 0.2) is 0 Å². The van der Waals surface area contributed by atoms with Crippen molar-refractivity contribution in [1.29, 1.82) is 0 Å². The molecule has 0 radical (unpaired) electrons. The van der Waals surface area contributed by atoms with E-state index in [4.69, 9.17) is 4.74 Å². The van der Waals surface area contributed by atoms with E-state index in [0.717, 1.165) is 18.7 Å². The van der Waals surface area contributed by atoms with E-state index in [2.05, 4.69) is 21.0 Å². The first-order valence-corrected chi connectivity index (χ1v) is 12.0. The SMILES string of the molecule is Cc1ccc(S(=O)(=O)NCCC(=O)NC[C@@H](c2cccs2)N2CCOCC2)cc1. The van der Waals surface area contributed by atoms with Gasteiger partial charge in [-0.3, -0.25) is 9.69 Å². The Morgan fingerprint density at radius 3 is 2.59 bits per heavy atom. The third-order valence-electron chi connectivity index (χ3n) is 4.83. The molecule has 2 N–H and O–H groups in total. The van der Waals surface area contributed by atoms with E-state index >= 15 is 0 Å². The van der Waals surface area contributed by atoms with Crippen molar-refractivity contribution in [3.8, 4) is 0 Å². The zero-order valence-electron chi connectivity index (χ0n) is 16.5. The maximum atomic E-state index is 12.3. The average molecular weight is 438 g/mol. The second kappa shape index (κ2) is 10.3. The fourth-order valence-corrected chi connectivity index (χ4v) is 5.07. The van der Waals surface area contributed by atoms with Crippen molar-refractivity contribution in [2.75, 3.05) is 39.4 Å². The van der Waals surface area contributed by atoms with Crippen molar-refractivity contribution in [3.05, 3.63) is 52.2 Å². The molecule has 1 saturated heterocycles. The van der Waals surface area contributed by atoms with E-state index in [0.29, 0.717) is 19.8 Å². The number of carbonyl (C=O) groups excluding carboxylic acids is 1. The molecule has 2 heterocycles. The number of morpholine rings is 1. The summed E-state index contributed by atoms with van der Waals surface area (Å²) >= 11 is 1.67. The van der Waals surface area contributed by atoms with Gasteiger partial charge < -0.3 is 10.1 Å². The number of carbonyl (C=O) groups is 1. The summed E-state index contributed by atoms with van der Waals surface area (Å²) in [5, 5.41) is 4.98. The third-order valence-corrected chi connectivity index (χ3v) is 7.28. The quantitative estimate of drug-likeness (QED) is 0.626. The Bertz CT molecular complexity index is 877. The van der Waals surface area contributed by atoms with Gasteiger partial charge in [0.1, 0.15) is 0 Å². The molecule has 3 rings (SSSR count). The molecule has 0 saturated carbocycles. The summed E-state index contributed by atoms with van der Waals surface area (Å²) in [5.41, 5.74) is 0.990. The summed E-state index contributed by atoms with van der Waals surface area (Å²) in [4.78, 5) is 16.0. The van der Waals surface area contributed by atoms with Gasteiger partial charge in [0.05, 0.1) is 24.2 Å². The fourth-order valence-electron chi connectivity index (χ4n) is 3.18. The molecule has 1 aliphatic heterocycles. The summed E-state index contributed by atoms with van der Waals surface area (Å²) < 4.78 is 32.5. The first kappa shape index (κ1) is 21.9. The van der Waals surface area contributed by atoms with Crippen LogP contribution >= 0.6 is 11.3 Å². The van der Waals surface area contributed by atoms with Crippen molar-refractivity contribution in [1.82, 2.24) is 14.9 Å². The normalized spacial score (nSPS) is 16.4. The van der Waals surface area contributed by atoms with Gasteiger partial charge in [-0.1, -0.05) is 23.8 Å². The van der Waals surface area contributed by atoms with Crippen LogP contribution in [0.4, 0.5) is 0 Å². The maximum Gasteiger partial charge on any atom is 0.240 e. The van der Waals surface area contributed by atoms with E-state index in [1.807, 2.05) is 18.4 Å². The summed E-state index contributed by atoms with van der Waals surface area (Å²) in [7, 11) is -3.61. The highest BCUT2D eigenvalue weighted by molar-refractivity contribution is 7.89. The Labute approximate surface area is 176 Å². The van der Waals surface area contributed by atoms with Gasteiger partial charge in [-0.05, 0) is 30.5 Å². The van der Waals surface area contributed by atoms with Gasteiger partial charge in [-0.15, -0.1) is 11.3 Å². The third kappa shape index (κ3) is 6.35. The number of benzene rings is 1. The Hall–Kier alpha value is -1.78. The molecule has 0 bridgehead atoms. The lowest BCUT2D eigenvalue weighted by atomic mass is 10.2. The average Bonchev–Trinajstić information content (AvgIpc) is 3.24. The molecule has 7 nitrogen and oxygen atoms in total. The number of rotatable bonds is 9. The van der Waals surface area contributed by atoms with Crippen LogP contribution < -0.4 is 10.0 Å². The van der Waals surface area contributed by atoms with Crippen LogP contribution in [0.1, 0.15) is 22.9 Å².